The Morgan fingerprint density at radius 3 is 3.00 bits per heavy atom. The number of nitrogens with zero attached hydrogens (tertiary/aromatic N) is 1. The second-order valence-electron chi connectivity index (χ2n) is 6.55. The molecule has 0 spiro atoms. The average Bonchev–Trinajstić information content (AvgIpc) is 2.52. The molecular formula is C15H30N2S. The largest absolute Gasteiger partial charge is 0.316 e. The maximum Gasteiger partial charge on any atom is 0.0116 e. The number of hydrogen-bond acceptors (Lipinski definition) is 3. The first kappa shape index (κ1) is 14.7. The van der Waals surface area contributed by atoms with E-state index in [2.05, 4.69) is 35.8 Å². The summed E-state index contributed by atoms with van der Waals surface area (Å²) in [6.45, 7) is 11.2. The van der Waals surface area contributed by atoms with Crippen LogP contribution in [0, 0.1) is 5.92 Å². The molecule has 0 aromatic heterocycles. The highest BCUT2D eigenvalue weighted by Gasteiger charge is 2.23. The Morgan fingerprint density at radius 1 is 1.33 bits per heavy atom. The molecule has 0 aromatic carbocycles. The van der Waals surface area contributed by atoms with E-state index in [-0.39, 0.29) is 0 Å². The van der Waals surface area contributed by atoms with Gasteiger partial charge in [-0.25, -0.2) is 0 Å². The SMILES string of the molecule is CC1(C)CCN(CCCC2CCCNC2)CCS1. The third kappa shape index (κ3) is 5.10. The fraction of sp³-hybridized carbons (Fsp3) is 1.00. The Bertz CT molecular complexity index is 237. The fourth-order valence-corrected chi connectivity index (χ4v) is 4.20. The van der Waals surface area contributed by atoms with Crippen molar-refractivity contribution in [1.82, 2.24) is 10.2 Å². The normalized spacial score (nSPS) is 30.0. The Morgan fingerprint density at radius 2 is 2.22 bits per heavy atom. The van der Waals surface area contributed by atoms with E-state index in [4.69, 9.17) is 0 Å². The van der Waals surface area contributed by atoms with Crippen LogP contribution < -0.4 is 5.32 Å². The van der Waals surface area contributed by atoms with Gasteiger partial charge in [0.25, 0.3) is 0 Å². The van der Waals surface area contributed by atoms with Crippen LogP contribution >= 0.6 is 11.8 Å². The molecule has 0 saturated carbocycles. The van der Waals surface area contributed by atoms with E-state index in [1.807, 2.05) is 0 Å². The second-order valence-corrected chi connectivity index (χ2v) is 8.36. The molecule has 1 atom stereocenters. The van der Waals surface area contributed by atoms with Crippen molar-refractivity contribution in [3.05, 3.63) is 0 Å². The van der Waals surface area contributed by atoms with E-state index in [9.17, 15) is 0 Å². The summed E-state index contributed by atoms with van der Waals surface area (Å²) in [6.07, 6.45) is 7.02. The van der Waals surface area contributed by atoms with Crippen molar-refractivity contribution in [1.29, 1.82) is 0 Å². The third-order valence-electron chi connectivity index (χ3n) is 4.42. The van der Waals surface area contributed by atoms with Gasteiger partial charge in [0, 0.05) is 17.0 Å². The van der Waals surface area contributed by atoms with Gasteiger partial charge in [0.1, 0.15) is 0 Å². The Balaban J connectivity index is 1.61. The van der Waals surface area contributed by atoms with Gasteiger partial charge in [0.2, 0.25) is 0 Å². The number of piperidine rings is 1. The van der Waals surface area contributed by atoms with E-state index in [1.165, 1.54) is 70.6 Å². The lowest BCUT2D eigenvalue weighted by atomic mass is 9.94. The predicted molar refractivity (Wildman–Crippen MR) is 82.4 cm³/mol. The minimum absolute atomic E-state index is 0.502. The topological polar surface area (TPSA) is 15.3 Å². The van der Waals surface area contributed by atoms with Gasteiger partial charge >= 0.3 is 0 Å². The molecule has 18 heavy (non-hydrogen) atoms. The molecule has 2 fully saturated rings. The van der Waals surface area contributed by atoms with Crippen molar-refractivity contribution in [2.75, 3.05) is 38.5 Å². The van der Waals surface area contributed by atoms with Gasteiger partial charge in [0.05, 0.1) is 0 Å². The fourth-order valence-electron chi connectivity index (χ4n) is 3.06. The maximum atomic E-state index is 3.53. The van der Waals surface area contributed by atoms with E-state index < -0.39 is 0 Å². The quantitative estimate of drug-likeness (QED) is 0.845. The summed E-state index contributed by atoms with van der Waals surface area (Å²) in [5, 5.41) is 3.53. The van der Waals surface area contributed by atoms with Crippen LogP contribution in [0.25, 0.3) is 0 Å². The number of thioether (sulfide) groups is 1. The van der Waals surface area contributed by atoms with Crippen LogP contribution in [0.1, 0.15) is 46.0 Å². The van der Waals surface area contributed by atoms with Crippen molar-refractivity contribution < 1.29 is 0 Å². The average molecular weight is 270 g/mol. The smallest absolute Gasteiger partial charge is 0.0116 e. The zero-order valence-corrected chi connectivity index (χ0v) is 13.0. The number of hydrogen-bond donors (Lipinski definition) is 1. The molecule has 2 nitrogen and oxygen atoms in total. The molecule has 0 bridgehead atoms. The molecule has 2 aliphatic heterocycles. The first-order valence-electron chi connectivity index (χ1n) is 7.73. The second kappa shape index (κ2) is 7.16. The van der Waals surface area contributed by atoms with Crippen molar-refractivity contribution in [2.45, 2.75) is 50.7 Å². The summed E-state index contributed by atoms with van der Waals surface area (Å²) in [4.78, 5) is 2.69. The molecule has 2 saturated heterocycles. The molecule has 0 aromatic rings. The molecule has 106 valence electrons. The summed E-state index contributed by atoms with van der Waals surface area (Å²) >= 11 is 2.15. The molecule has 3 heteroatoms. The highest BCUT2D eigenvalue weighted by molar-refractivity contribution is 8.00. The first-order chi connectivity index (χ1) is 8.66. The van der Waals surface area contributed by atoms with E-state index in [0.29, 0.717) is 4.75 Å². The third-order valence-corrected chi connectivity index (χ3v) is 5.79. The van der Waals surface area contributed by atoms with Crippen molar-refractivity contribution in [3.8, 4) is 0 Å². The van der Waals surface area contributed by atoms with Crippen LogP contribution in [0.15, 0.2) is 0 Å². The zero-order chi connectivity index (χ0) is 12.8. The van der Waals surface area contributed by atoms with Crippen molar-refractivity contribution in [2.24, 2.45) is 5.92 Å². The lowest BCUT2D eigenvalue weighted by molar-refractivity contribution is 0.260. The van der Waals surface area contributed by atoms with E-state index in [0.717, 1.165) is 5.92 Å². The van der Waals surface area contributed by atoms with Crippen LogP contribution in [0.4, 0.5) is 0 Å². The van der Waals surface area contributed by atoms with Gasteiger partial charge in [-0.2, -0.15) is 11.8 Å². The molecule has 2 aliphatic rings. The molecule has 2 heterocycles. The van der Waals surface area contributed by atoms with Gasteiger partial charge in [-0.1, -0.05) is 13.8 Å². The lowest BCUT2D eigenvalue weighted by Gasteiger charge is -2.25. The molecule has 0 radical (unpaired) electrons. The minimum atomic E-state index is 0.502. The van der Waals surface area contributed by atoms with Crippen LogP contribution in [0.2, 0.25) is 0 Å². The monoisotopic (exact) mass is 270 g/mol. The van der Waals surface area contributed by atoms with E-state index in [1.54, 1.807) is 0 Å². The van der Waals surface area contributed by atoms with Gasteiger partial charge in [-0.15, -0.1) is 0 Å². The molecule has 0 amide bonds. The van der Waals surface area contributed by atoms with Gasteiger partial charge < -0.3 is 10.2 Å². The predicted octanol–water partition coefficient (Wildman–Crippen LogP) is 2.98. The van der Waals surface area contributed by atoms with Crippen molar-refractivity contribution in [3.63, 3.8) is 0 Å². The lowest BCUT2D eigenvalue weighted by Crippen LogP contribution is -2.31. The van der Waals surface area contributed by atoms with E-state index >= 15 is 0 Å². The molecular weight excluding hydrogens is 240 g/mol. The van der Waals surface area contributed by atoms with Gasteiger partial charge in [-0.3, -0.25) is 0 Å². The summed E-state index contributed by atoms with van der Waals surface area (Å²) in [5.41, 5.74) is 0. The number of nitrogens with one attached hydrogen (secondary N) is 1. The minimum Gasteiger partial charge on any atom is -0.316 e. The Hall–Kier alpha value is 0.270. The number of rotatable bonds is 4. The summed E-state index contributed by atoms with van der Waals surface area (Å²) in [5.74, 6) is 2.27. The molecule has 1 N–H and O–H groups in total. The Labute approximate surface area is 117 Å². The summed E-state index contributed by atoms with van der Waals surface area (Å²) < 4.78 is 0.502. The van der Waals surface area contributed by atoms with Gasteiger partial charge in [0.15, 0.2) is 0 Å². The highest BCUT2D eigenvalue weighted by atomic mass is 32.2. The summed E-state index contributed by atoms with van der Waals surface area (Å²) in [7, 11) is 0. The molecule has 2 rings (SSSR count). The Kier molecular flexibility index (Phi) is 5.84. The molecule has 0 aliphatic carbocycles. The van der Waals surface area contributed by atoms with Crippen LogP contribution in [0.3, 0.4) is 0 Å². The zero-order valence-electron chi connectivity index (χ0n) is 12.2. The van der Waals surface area contributed by atoms with Crippen LogP contribution in [-0.4, -0.2) is 48.1 Å². The summed E-state index contributed by atoms with van der Waals surface area (Å²) in [6, 6.07) is 0. The van der Waals surface area contributed by atoms with Crippen LogP contribution in [0.5, 0.6) is 0 Å². The van der Waals surface area contributed by atoms with Crippen molar-refractivity contribution >= 4 is 11.8 Å². The van der Waals surface area contributed by atoms with Crippen LogP contribution in [-0.2, 0) is 0 Å². The molecule has 1 unspecified atom stereocenters. The first-order valence-corrected chi connectivity index (χ1v) is 8.71. The maximum absolute atomic E-state index is 3.53. The van der Waals surface area contributed by atoms with Gasteiger partial charge in [-0.05, 0) is 64.2 Å². The highest BCUT2D eigenvalue weighted by Crippen LogP contribution is 2.30. The standard InChI is InChI=1S/C15H30N2S/c1-15(2)7-10-17(11-12-18-15)9-4-6-14-5-3-8-16-13-14/h14,16H,3-13H2,1-2H3.